The third kappa shape index (κ3) is 2.67. The van der Waals surface area contributed by atoms with Crippen LogP contribution in [0.4, 0.5) is 0 Å². The minimum Gasteiger partial charge on any atom is -0.481 e. The van der Waals surface area contributed by atoms with Crippen LogP contribution in [0.5, 0.6) is 0 Å². The van der Waals surface area contributed by atoms with Gasteiger partial charge in [0.25, 0.3) is 0 Å². The first-order chi connectivity index (χ1) is 7.80. The standard InChI is InChI=1S/C14H20O3/c1-5-11(13(15)16)14(4,17)12-8-9(2)6-7-10(12)3/h6-8,11,17H,5H2,1-4H3,(H,15,16). The van der Waals surface area contributed by atoms with Crippen molar-refractivity contribution < 1.29 is 15.0 Å². The van der Waals surface area contributed by atoms with E-state index in [-0.39, 0.29) is 0 Å². The lowest BCUT2D eigenvalue weighted by Crippen LogP contribution is -2.37. The van der Waals surface area contributed by atoms with E-state index in [9.17, 15) is 15.0 Å². The van der Waals surface area contributed by atoms with E-state index in [2.05, 4.69) is 0 Å². The van der Waals surface area contributed by atoms with Crippen LogP contribution in [-0.2, 0) is 10.4 Å². The monoisotopic (exact) mass is 236 g/mol. The second-order valence-corrected chi connectivity index (χ2v) is 4.76. The summed E-state index contributed by atoms with van der Waals surface area (Å²) in [7, 11) is 0. The van der Waals surface area contributed by atoms with E-state index >= 15 is 0 Å². The molecule has 17 heavy (non-hydrogen) atoms. The number of carboxylic acid groups (broad SMARTS) is 1. The van der Waals surface area contributed by atoms with Gasteiger partial charge in [-0.05, 0) is 38.3 Å². The first kappa shape index (κ1) is 13.7. The Kier molecular flexibility index (Phi) is 3.94. The largest absolute Gasteiger partial charge is 0.481 e. The zero-order valence-electron chi connectivity index (χ0n) is 10.8. The molecule has 3 heteroatoms. The van der Waals surface area contributed by atoms with E-state index in [0.29, 0.717) is 12.0 Å². The van der Waals surface area contributed by atoms with Gasteiger partial charge < -0.3 is 10.2 Å². The predicted molar refractivity (Wildman–Crippen MR) is 66.9 cm³/mol. The molecule has 1 aromatic rings. The molecule has 0 amide bonds. The van der Waals surface area contributed by atoms with Crippen molar-refractivity contribution in [3.8, 4) is 0 Å². The number of benzene rings is 1. The Morgan fingerprint density at radius 1 is 1.41 bits per heavy atom. The van der Waals surface area contributed by atoms with Crippen LogP contribution < -0.4 is 0 Å². The summed E-state index contributed by atoms with van der Waals surface area (Å²) in [6.07, 6.45) is 0.399. The van der Waals surface area contributed by atoms with E-state index in [0.717, 1.165) is 11.1 Å². The molecule has 1 aromatic carbocycles. The summed E-state index contributed by atoms with van der Waals surface area (Å²) in [5.74, 6) is -1.75. The Morgan fingerprint density at radius 3 is 2.47 bits per heavy atom. The second kappa shape index (κ2) is 4.88. The van der Waals surface area contributed by atoms with Crippen molar-refractivity contribution in [2.24, 2.45) is 5.92 Å². The molecule has 1 rings (SSSR count). The fraction of sp³-hybridized carbons (Fsp3) is 0.500. The van der Waals surface area contributed by atoms with Crippen molar-refractivity contribution in [2.75, 3.05) is 0 Å². The van der Waals surface area contributed by atoms with Crippen molar-refractivity contribution in [1.29, 1.82) is 0 Å². The minimum absolute atomic E-state index is 0.399. The molecule has 0 radical (unpaired) electrons. The zero-order valence-corrected chi connectivity index (χ0v) is 10.8. The Hall–Kier alpha value is -1.35. The maximum atomic E-state index is 11.2. The highest BCUT2D eigenvalue weighted by Crippen LogP contribution is 2.34. The molecular formula is C14H20O3. The summed E-state index contributed by atoms with van der Waals surface area (Å²) in [4.78, 5) is 11.2. The smallest absolute Gasteiger partial charge is 0.309 e. The molecule has 3 nitrogen and oxygen atoms in total. The van der Waals surface area contributed by atoms with E-state index in [1.165, 1.54) is 0 Å². The van der Waals surface area contributed by atoms with Gasteiger partial charge in [0, 0.05) is 0 Å². The summed E-state index contributed by atoms with van der Waals surface area (Å²) in [5, 5.41) is 19.7. The highest BCUT2D eigenvalue weighted by Gasteiger charge is 2.38. The summed E-state index contributed by atoms with van der Waals surface area (Å²) in [6.45, 7) is 7.17. The van der Waals surface area contributed by atoms with Gasteiger partial charge in [0.15, 0.2) is 0 Å². The first-order valence-electron chi connectivity index (χ1n) is 5.83. The van der Waals surface area contributed by atoms with Gasteiger partial charge in [-0.2, -0.15) is 0 Å². The molecule has 0 aliphatic rings. The van der Waals surface area contributed by atoms with Crippen LogP contribution in [0.15, 0.2) is 18.2 Å². The summed E-state index contributed by atoms with van der Waals surface area (Å²) < 4.78 is 0. The van der Waals surface area contributed by atoms with Crippen LogP contribution >= 0.6 is 0 Å². The average molecular weight is 236 g/mol. The molecule has 0 aliphatic carbocycles. The van der Waals surface area contributed by atoms with Gasteiger partial charge in [0.2, 0.25) is 0 Å². The van der Waals surface area contributed by atoms with Crippen molar-refractivity contribution in [3.05, 3.63) is 34.9 Å². The van der Waals surface area contributed by atoms with E-state index in [4.69, 9.17) is 0 Å². The van der Waals surface area contributed by atoms with Gasteiger partial charge in [-0.25, -0.2) is 0 Å². The lowest BCUT2D eigenvalue weighted by molar-refractivity contribution is -0.152. The lowest BCUT2D eigenvalue weighted by atomic mass is 9.79. The van der Waals surface area contributed by atoms with Gasteiger partial charge >= 0.3 is 5.97 Å². The van der Waals surface area contributed by atoms with Crippen LogP contribution in [0.2, 0.25) is 0 Å². The number of hydrogen-bond donors (Lipinski definition) is 2. The van der Waals surface area contributed by atoms with E-state index in [1.54, 1.807) is 13.8 Å². The topological polar surface area (TPSA) is 57.5 Å². The quantitative estimate of drug-likeness (QED) is 0.845. The lowest BCUT2D eigenvalue weighted by Gasteiger charge is -2.31. The Bertz CT molecular complexity index is 421. The molecule has 94 valence electrons. The average Bonchev–Trinajstić information content (AvgIpc) is 2.21. The van der Waals surface area contributed by atoms with Gasteiger partial charge in [-0.1, -0.05) is 30.7 Å². The molecular weight excluding hydrogens is 216 g/mol. The van der Waals surface area contributed by atoms with Crippen LogP contribution in [0, 0.1) is 19.8 Å². The number of carbonyl (C=O) groups is 1. The predicted octanol–water partition coefficient (Wildman–Crippen LogP) is 2.62. The molecule has 2 atom stereocenters. The third-order valence-corrected chi connectivity index (χ3v) is 3.32. The highest BCUT2D eigenvalue weighted by atomic mass is 16.4. The van der Waals surface area contributed by atoms with E-state index < -0.39 is 17.5 Å². The maximum absolute atomic E-state index is 11.2. The number of hydrogen-bond acceptors (Lipinski definition) is 2. The Labute approximate surface area is 102 Å². The number of carboxylic acids is 1. The summed E-state index contributed by atoms with van der Waals surface area (Å²) >= 11 is 0. The molecule has 2 unspecified atom stereocenters. The molecule has 0 fully saturated rings. The summed E-state index contributed by atoms with van der Waals surface area (Å²) in [6, 6.07) is 5.73. The Balaban J connectivity index is 3.28. The first-order valence-corrected chi connectivity index (χ1v) is 5.83. The number of aliphatic hydroxyl groups is 1. The van der Waals surface area contributed by atoms with Crippen molar-refractivity contribution in [1.82, 2.24) is 0 Å². The van der Waals surface area contributed by atoms with Crippen LogP contribution in [0.25, 0.3) is 0 Å². The zero-order chi connectivity index (χ0) is 13.2. The van der Waals surface area contributed by atoms with Gasteiger partial charge in [-0.3, -0.25) is 4.79 Å². The molecule has 0 aliphatic heterocycles. The number of rotatable bonds is 4. The number of aliphatic carboxylic acids is 1. The van der Waals surface area contributed by atoms with Crippen LogP contribution in [0.1, 0.15) is 37.0 Å². The van der Waals surface area contributed by atoms with Gasteiger partial charge in [0.1, 0.15) is 5.60 Å². The minimum atomic E-state index is -1.34. The highest BCUT2D eigenvalue weighted by molar-refractivity contribution is 5.72. The molecule has 2 N–H and O–H groups in total. The van der Waals surface area contributed by atoms with Gasteiger partial charge in [0.05, 0.1) is 5.92 Å². The summed E-state index contributed by atoms with van der Waals surface area (Å²) in [5.41, 5.74) is 1.30. The van der Waals surface area contributed by atoms with Crippen molar-refractivity contribution in [2.45, 2.75) is 39.7 Å². The second-order valence-electron chi connectivity index (χ2n) is 4.76. The number of aryl methyl sites for hydroxylation is 2. The Morgan fingerprint density at radius 2 is 2.00 bits per heavy atom. The van der Waals surface area contributed by atoms with Crippen LogP contribution in [-0.4, -0.2) is 16.2 Å². The third-order valence-electron chi connectivity index (χ3n) is 3.32. The van der Waals surface area contributed by atoms with Gasteiger partial charge in [-0.15, -0.1) is 0 Å². The molecule has 0 spiro atoms. The molecule has 0 aromatic heterocycles. The van der Waals surface area contributed by atoms with Crippen molar-refractivity contribution in [3.63, 3.8) is 0 Å². The fourth-order valence-electron chi connectivity index (χ4n) is 2.28. The molecule has 0 saturated heterocycles. The van der Waals surface area contributed by atoms with E-state index in [1.807, 2.05) is 32.0 Å². The maximum Gasteiger partial charge on any atom is 0.309 e. The molecule has 0 bridgehead atoms. The normalized spacial score (nSPS) is 16.3. The van der Waals surface area contributed by atoms with Crippen molar-refractivity contribution >= 4 is 5.97 Å². The molecule has 0 heterocycles. The molecule has 0 saturated carbocycles. The SMILES string of the molecule is CCC(C(=O)O)C(C)(O)c1cc(C)ccc1C. The fourth-order valence-corrected chi connectivity index (χ4v) is 2.28. The van der Waals surface area contributed by atoms with Crippen LogP contribution in [0.3, 0.4) is 0 Å².